The summed E-state index contributed by atoms with van der Waals surface area (Å²) in [6.45, 7) is -0.972. The molecule has 0 spiro atoms. The molecule has 0 radical (unpaired) electrons. The van der Waals surface area contributed by atoms with Crippen LogP contribution in [0.3, 0.4) is 0 Å². The van der Waals surface area contributed by atoms with E-state index in [0.29, 0.717) is 0 Å². The summed E-state index contributed by atoms with van der Waals surface area (Å²) in [6, 6.07) is 0. The predicted molar refractivity (Wildman–Crippen MR) is 103 cm³/mol. The Bertz CT molecular complexity index is 1210. The van der Waals surface area contributed by atoms with E-state index in [1.54, 1.807) is 0 Å². The van der Waals surface area contributed by atoms with Crippen LogP contribution in [0.5, 0.6) is 0 Å². The third-order valence-electron chi connectivity index (χ3n) is 3.90. The number of aliphatic hydroxyl groups is 2. The summed E-state index contributed by atoms with van der Waals surface area (Å²) in [5.41, 5.74) is 6.03. The molecule has 2 unspecified atom stereocenters. The molecule has 0 bridgehead atoms. The standard InChI is InChI=1S/C10H16N5O13P3S/c11-7-4-8(14-10(32)13-7)15(2-12-4)9-6(17)5(16)3(26-9)1-25-30(21,22)28-31(23,24)27-29(18,19)20/h2-3,5-6,9,16-17H,1H2,(H,21,22)(H,23,24)(H2,18,19,20)(H3,11,13,14,32)/t3-,5-,6-,9-/m1/s1. The molecule has 1 fully saturated rings. The van der Waals surface area contributed by atoms with Crippen molar-refractivity contribution in [1.82, 2.24) is 19.5 Å². The van der Waals surface area contributed by atoms with Crippen molar-refractivity contribution < 1.29 is 61.4 Å². The SMILES string of the molecule is Nc1[nH]c(=S)nc2c1ncn2[C@@H]1O[C@H](COP(=O)(O)OP(=O)(O)OP(=O)(O)O)[C@@H](O)[C@H]1O. The maximum Gasteiger partial charge on any atom is 0.490 e. The van der Waals surface area contributed by atoms with Crippen LogP contribution in [-0.4, -0.2) is 74.2 Å². The number of anilines is 1. The van der Waals surface area contributed by atoms with Gasteiger partial charge in [-0.3, -0.25) is 9.09 Å². The summed E-state index contributed by atoms with van der Waals surface area (Å²) >= 11 is 4.93. The number of fused-ring (bicyclic) bond motifs is 1. The smallest absolute Gasteiger partial charge is 0.387 e. The zero-order chi connectivity index (χ0) is 24.1. The summed E-state index contributed by atoms with van der Waals surface area (Å²) in [5, 5.41) is 20.5. The quantitative estimate of drug-likeness (QED) is 0.148. The highest BCUT2D eigenvalue weighted by atomic mass is 32.1. The predicted octanol–water partition coefficient (Wildman–Crippen LogP) is -0.966. The van der Waals surface area contributed by atoms with Crippen LogP contribution in [-0.2, 0) is 31.6 Å². The summed E-state index contributed by atoms with van der Waals surface area (Å²) in [7, 11) is -16.7. The highest BCUT2D eigenvalue weighted by molar-refractivity contribution is 7.71. The van der Waals surface area contributed by atoms with Gasteiger partial charge in [-0.2, -0.15) is 13.6 Å². The number of ether oxygens (including phenoxy) is 1. The number of nitrogens with two attached hydrogens (primary N) is 1. The van der Waals surface area contributed by atoms with Gasteiger partial charge in [0, 0.05) is 0 Å². The monoisotopic (exact) mass is 539 g/mol. The Hall–Kier alpha value is -1.14. The summed E-state index contributed by atoms with van der Waals surface area (Å²) in [6.07, 6.45) is -4.94. The minimum Gasteiger partial charge on any atom is -0.387 e. The first-order valence-electron chi connectivity index (χ1n) is 8.11. The number of nitrogens with one attached hydrogen (secondary N) is 1. The Balaban J connectivity index is 1.72. The number of aliphatic hydroxyl groups excluding tert-OH is 2. The van der Waals surface area contributed by atoms with Crippen LogP contribution < -0.4 is 5.73 Å². The number of aromatic nitrogens is 4. The molecule has 22 heteroatoms. The van der Waals surface area contributed by atoms with Crippen molar-refractivity contribution in [3.63, 3.8) is 0 Å². The van der Waals surface area contributed by atoms with Crippen molar-refractivity contribution in [3.8, 4) is 0 Å². The molecule has 2 aromatic rings. The minimum atomic E-state index is -5.71. The third-order valence-corrected chi connectivity index (χ3v) is 7.90. The van der Waals surface area contributed by atoms with Crippen molar-refractivity contribution >= 4 is 52.7 Å². The Morgan fingerprint density at radius 3 is 2.44 bits per heavy atom. The molecule has 1 aliphatic heterocycles. The van der Waals surface area contributed by atoms with Crippen molar-refractivity contribution in [2.24, 2.45) is 0 Å². The molecule has 18 nitrogen and oxygen atoms in total. The van der Waals surface area contributed by atoms with Crippen molar-refractivity contribution in [1.29, 1.82) is 0 Å². The zero-order valence-corrected chi connectivity index (χ0v) is 18.8. The van der Waals surface area contributed by atoms with Gasteiger partial charge in [-0.05, 0) is 12.2 Å². The summed E-state index contributed by atoms with van der Waals surface area (Å²) < 4.78 is 51.9. The largest absolute Gasteiger partial charge is 0.490 e. The fraction of sp³-hybridized carbons (Fsp3) is 0.500. The number of nitrogen functional groups attached to an aromatic ring is 1. The van der Waals surface area contributed by atoms with Gasteiger partial charge in [0.05, 0.1) is 12.9 Å². The van der Waals surface area contributed by atoms with Gasteiger partial charge in [-0.15, -0.1) is 0 Å². The molecule has 3 rings (SSSR count). The van der Waals surface area contributed by atoms with Crippen LogP contribution in [0.2, 0.25) is 0 Å². The average molecular weight is 539 g/mol. The molecule has 6 atom stereocenters. The van der Waals surface area contributed by atoms with E-state index in [4.69, 9.17) is 37.4 Å². The van der Waals surface area contributed by atoms with Crippen LogP contribution in [0.1, 0.15) is 6.23 Å². The molecule has 2 aromatic heterocycles. The van der Waals surface area contributed by atoms with Crippen LogP contribution in [0.15, 0.2) is 6.33 Å². The lowest BCUT2D eigenvalue weighted by Crippen LogP contribution is -2.33. The molecule has 0 saturated carbocycles. The maximum atomic E-state index is 11.8. The van der Waals surface area contributed by atoms with Gasteiger partial charge in [-0.1, -0.05) is 0 Å². The van der Waals surface area contributed by atoms with Crippen molar-refractivity contribution in [2.75, 3.05) is 12.3 Å². The third kappa shape index (κ3) is 5.85. The molecule has 3 heterocycles. The van der Waals surface area contributed by atoms with Crippen molar-refractivity contribution in [3.05, 3.63) is 11.1 Å². The Kier molecular flexibility index (Phi) is 7.09. The fourth-order valence-corrected chi connectivity index (χ4v) is 5.93. The number of phosphoric acid groups is 3. The van der Waals surface area contributed by atoms with Crippen molar-refractivity contribution in [2.45, 2.75) is 24.5 Å². The molecule has 1 saturated heterocycles. The number of phosphoric ester groups is 1. The number of rotatable bonds is 8. The van der Waals surface area contributed by atoms with E-state index in [2.05, 4.69) is 28.1 Å². The number of aromatic amines is 1. The van der Waals surface area contributed by atoms with E-state index in [9.17, 15) is 28.8 Å². The molecule has 0 aliphatic carbocycles. The Labute approximate surface area is 182 Å². The maximum absolute atomic E-state index is 11.8. The number of hydrogen-bond acceptors (Lipinski definition) is 13. The second kappa shape index (κ2) is 8.90. The second-order valence-electron chi connectivity index (χ2n) is 6.21. The first kappa shape index (κ1) is 25.5. The molecule has 1 aliphatic rings. The summed E-state index contributed by atoms with van der Waals surface area (Å²) in [5.74, 6) is 0.0796. The number of imidazole rings is 1. The number of nitrogens with zero attached hydrogens (tertiary/aromatic N) is 3. The van der Waals surface area contributed by atoms with Crippen LogP contribution in [0.4, 0.5) is 5.82 Å². The molecule has 0 aromatic carbocycles. The molecular formula is C10H16N5O13P3S. The van der Waals surface area contributed by atoms with E-state index in [-0.39, 0.29) is 21.8 Å². The normalized spacial score (nSPS) is 27.9. The van der Waals surface area contributed by atoms with E-state index >= 15 is 0 Å². The topological polar surface area (TPSA) is 282 Å². The summed E-state index contributed by atoms with van der Waals surface area (Å²) in [4.78, 5) is 46.2. The Morgan fingerprint density at radius 2 is 1.81 bits per heavy atom. The minimum absolute atomic E-state index is 0.00556. The lowest BCUT2D eigenvalue weighted by molar-refractivity contribution is -0.0503. The first-order chi connectivity index (χ1) is 14.6. The fourth-order valence-electron chi connectivity index (χ4n) is 2.71. The van der Waals surface area contributed by atoms with Gasteiger partial charge in [0.15, 0.2) is 16.6 Å². The van der Waals surface area contributed by atoms with E-state index < -0.39 is 54.6 Å². The van der Waals surface area contributed by atoms with E-state index in [0.717, 1.165) is 0 Å². The van der Waals surface area contributed by atoms with Gasteiger partial charge in [0.25, 0.3) is 0 Å². The number of H-pyrrole nitrogens is 1. The van der Waals surface area contributed by atoms with Gasteiger partial charge in [-0.25, -0.2) is 18.7 Å². The van der Waals surface area contributed by atoms with Gasteiger partial charge >= 0.3 is 23.5 Å². The molecule has 32 heavy (non-hydrogen) atoms. The Morgan fingerprint density at radius 1 is 1.16 bits per heavy atom. The van der Waals surface area contributed by atoms with E-state index in [1.807, 2.05) is 0 Å². The molecule has 9 N–H and O–H groups in total. The average Bonchev–Trinajstić information content (AvgIpc) is 3.12. The lowest BCUT2D eigenvalue weighted by Gasteiger charge is -2.19. The second-order valence-corrected chi connectivity index (χ2v) is 11.0. The van der Waals surface area contributed by atoms with Crippen LogP contribution >= 0.6 is 35.7 Å². The van der Waals surface area contributed by atoms with E-state index in [1.165, 1.54) is 10.9 Å². The van der Waals surface area contributed by atoms with Crippen LogP contribution in [0, 0.1) is 4.77 Å². The van der Waals surface area contributed by atoms with Gasteiger partial charge in [0.2, 0.25) is 0 Å². The first-order valence-corrected chi connectivity index (χ1v) is 13.0. The molecule has 0 amide bonds. The lowest BCUT2D eigenvalue weighted by atomic mass is 10.1. The van der Waals surface area contributed by atoms with Crippen LogP contribution in [0.25, 0.3) is 11.2 Å². The highest BCUT2D eigenvalue weighted by Crippen LogP contribution is 2.66. The van der Waals surface area contributed by atoms with Gasteiger partial charge < -0.3 is 45.2 Å². The highest BCUT2D eigenvalue weighted by Gasteiger charge is 2.47. The zero-order valence-electron chi connectivity index (χ0n) is 15.3. The van der Waals surface area contributed by atoms with Gasteiger partial charge in [0.1, 0.15) is 29.6 Å². The molecule has 180 valence electrons. The molecular weight excluding hydrogens is 523 g/mol. The number of hydrogen-bond donors (Lipinski definition) is 8.